The summed E-state index contributed by atoms with van der Waals surface area (Å²) in [5, 5.41) is 20.2. The van der Waals surface area contributed by atoms with Crippen molar-refractivity contribution in [1.82, 2.24) is 0 Å². The third-order valence-corrected chi connectivity index (χ3v) is 7.25. The van der Waals surface area contributed by atoms with Gasteiger partial charge in [-0.3, -0.25) is 4.55 Å². The van der Waals surface area contributed by atoms with Gasteiger partial charge in [-0.1, -0.05) is 64.6 Å². The lowest BCUT2D eigenvalue weighted by Crippen LogP contribution is -2.38. The van der Waals surface area contributed by atoms with Crippen LogP contribution < -0.4 is 0 Å². The highest BCUT2D eigenvalue weighted by atomic mass is 35.5. The lowest BCUT2D eigenvalue weighted by atomic mass is 9.83. The van der Waals surface area contributed by atoms with Crippen molar-refractivity contribution in [2.45, 2.75) is 4.75 Å². The molecular weight excluding hydrogens is 482 g/mol. The van der Waals surface area contributed by atoms with Gasteiger partial charge in [0.1, 0.15) is 16.5 Å². The Balaban J connectivity index is 2.54. The second-order valence-corrected chi connectivity index (χ2v) is 9.31. The fraction of sp³-hybridized carbons (Fsp3) is 0.0526. The molecule has 3 N–H and O–H groups in total. The number of halogens is 4. The van der Waals surface area contributed by atoms with Gasteiger partial charge >= 0.3 is 0 Å². The molecule has 3 aromatic rings. The first kappa shape index (κ1) is 22.0. The van der Waals surface area contributed by atoms with E-state index in [-0.39, 0.29) is 31.8 Å². The van der Waals surface area contributed by atoms with Crippen LogP contribution in [0.3, 0.4) is 0 Å². The number of benzene rings is 3. The SMILES string of the molecule is O=S(=O)(O)C(c1ccc(Cl)cc1)(c1ccc(Cl)c(O)c1)c1cc(O)c(Cl)c(Cl)c1. The van der Waals surface area contributed by atoms with Crippen molar-refractivity contribution in [3.63, 3.8) is 0 Å². The Bertz CT molecular complexity index is 1170. The van der Waals surface area contributed by atoms with Gasteiger partial charge in [0.05, 0.1) is 10.0 Å². The van der Waals surface area contributed by atoms with Gasteiger partial charge in [-0.25, -0.2) is 0 Å². The smallest absolute Gasteiger partial charge is 0.283 e. The zero-order valence-corrected chi connectivity index (χ0v) is 18.1. The summed E-state index contributed by atoms with van der Waals surface area (Å²) < 4.78 is 33.9. The number of phenols is 2. The molecule has 0 heterocycles. The van der Waals surface area contributed by atoms with Gasteiger partial charge in [0.2, 0.25) is 0 Å². The lowest BCUT2D eigenvalue weighted by Gasteiger charge is -2.33. The van der Waals surface area contributed by atoms with E-state index in [0.717, 1.165) is 12.1 Å². The molecule has 0 saturated heterocycles. The van der Waals surface area contributed by atoms with Crippen LogP contribution in [0.4, 0.5) is 0 Å². The Morgan fingerprint density at radius 1 is 0.690 bits per heavy atom. The van der Waals surface area contributed by atoms with Crippen molar-refractivity contribution in [3.8, 4) is 11.5 Å². The molecule has 0 fully saturated rings. The summed E-state index contributed by atoms with van der Waals surface area (Å²) >= 11 is 23.8. The van der Waals surface area contributed by atoms with Crippen LogP contribution in [-0.4, -0.2) is 23.2 Å². The molecular formula is C19H12Cl4O5S. The molecule has 5 nitrogen and oxygen atoms in total. The van der Waals surface area contributed by atoms with Gasteiger partial charge in [-0.15, -0.1) is 0 Å². The molecule has 152 valence electrons. The maximum absolute atomic E-state index is 12.9. The quantitative estimate of drug-likeness (QED) is 0.311. The molecule has 0 radical (unpaired) electrons. The van der Waals surface area contributed by atoms with E-state index >= 15 is 0 Å². The molecule has 0 saturated carbocycles. The van der Waals surface area contributed by atoms with Crippen molar-refractivity contribution >= 4 is 56.5 Å². The van der Waals surface area contributed by atoms with E-state index in [4.69, 9.17) is 46.4 Å². The summed E-state index contributed by atoms with van der Waals surface area (Å²) in [7, 11) is -4.98. The number of rotatable bonds is 4. The average molecular weight is 494 g/mol. The molecule has 0 spiro atoms. The van der Waals surface area contributed by atoms with E-state index in [0.29, 0.717) is 5.02 Å². The minimum Gasteiger partial charge on any atom is -0.506 e. The van der Waals surface area contributed by atoms with Crippen LogP contribution in [0, 0.1) is 0 Å². The highest BCUT2D eigenvalue weighted by Gasteiger charge is 2.49. The van der Waals surface area contributed by atoms with E-state index in [2.05, 4.69) is 0 Å². The first-order chi connectivity index (χ1) is 13.5. The molecule has 1 atom stereocenters. The predicted molar refractivity (Wildman–Crippen MR) is 114 cm³/mol. The molecule has 10 heteroatoms. The zero-order chi connectivity index (χ0) is 21.6. The summed E-state index contributed by atoms with van der Waals surface area (Å²) in [6, 6.07) is 11.6. The normalized spacial score (nSPS) is 13.8. The van der Waals surface area contributed by atoms with Gasteiger partial charge in [-0.05, 0) is 53.1 Å². The number of phenolic OH excluding ortho intramolecular Hbond substituents is 2. The molecule has 0 aliphatic rings. The molecule has 3 aromatic carbocycles. The summed E-state index contributed by atoms with van der Waals surface area (Å²) in [4.78, 5) is 0. The molecule has 0 bridgehead atoms. The van der Waals surface area contributed by atoms with Gasteiger partial charge < -0.3 is 10.2 Å². The van der Waals surface area contributed by atoms with E-state index in [1.807, 2.05) is 0 Å². The number of hydrogen-bond donors (Lipinski definition) is 3. The highest BCUT2D eigenvalue weighted by Crippen LogP contribution is 2.48. The van der Waals surface area contributed by atoms with Crippen LogP contribution >= 0.6 is 46.4 Å². The third kappa shape index (κ3) is 3.77. The Hall–Kier alpha value is -1.67. The van der Waals surface area contributed by atoms with E-state index in [1.165, 1.54) is 42.5 Å². The zero-order valence-electron chi connectivity index (χ0n) is 14.3. The minimum absolute atomic E-state index is 0.0221. The summed E-state index contributed by atoms with van der Waals surface area (Å²) in [6.45, 7) is 0. The van der Waals surface area contributed by atoms with Gasteiger partial charge in [0, 0.05) is 5.02 Å². The molecule has 29 heavy (non-hydrogen) atoms. The maximum atomic E-state index is 12.9. The Labute approximate surface area is 186 Å². The van der Waals surface area contributed by atoms with Gasteiger partial charge in [0.15, 0.2) is 4.75 Å². The second-order valence-electron chi connectivity index (χ2n) is 6.12. The minimum atomic E-state index is -4.98. The van der Waals surface area contributed by atoms with Crippen molar-refractivity contribution in [1.29, 1.82) is 0 Å². The molecule has 3 rings (SSSR count). The molecule has 0 aliphatic heterocycles. The summed E-state index contributed by atoms with van der Waals surface area (Å²) in [6.07, 6.45) is 0. The van der Waals surface area contributed by atoms with Crippen LogP contribution in [0.1, 0.15) is 16.7 Å². The number of hydrogen-bond acceptors (Lipinski definition) is 4. The van der Waals surface area contributed by atoms with E-state index in [9.17, 15) is 23.2 Å². The standard InChI is InChI=1S/C19H12Cl4O5S/c20-13-4-1-10(2-5-13)19(29(26,27)28,11-3-6-14(21)16(24)8-11)12-7-15(22)18(23)17(25)9-12/h1-9,24-25H,(H,26,27,28). The van der Waals surface area contributed by atoms with Crippen molar-refractivity contribution in [3.05, 3.63) is 91.4 Å². The van der Waals surface area contributed by atoms with Gasteiger partial charge in [-0.2, -0.15) is 8.42 Å². The first-order valence-corrected chi connectivity index (χ1v) is 10.8. The van der Waals surface area contributed by atoms with E-state index in [1.54, 1.807) is 0 Å². The third-order valence-electron chi connectivity index (χ3n) is 4.41. The Morgan fingerprint density at radius 2 is 1.24 bits per heavy atom. The lowest BCUT2D eigenvalue weighted by molar-refractivity contribution is 0.455. The van der Waals surface area contributed by atoms with Crippen LogP contribution in [0.25, 0.3) is 0 Å². The fourth-order valence-electron chi connectivity index (χ4n) is 3.14. The fourth-order valence-corrected chi connectivity index (χ4v) is 4.98. The molecule has 0 aromatic heterocycles. The molecule has 1 unspecified atom stereocenters. The Kier molecular flexibility index (Phi) is 5.98. The predicted octanol–water partition coefficient (Wildman–Crippen LogP) is 5.89. The first-order valence-electron chi connectivity index (χ1n) is 7.89. The molecule has 0 aliphatic carbocycles. The highest BCUT2D eigenvalue weighted by molar-refractivity contribution is 7.87. The van der Waals surface area contributed by atoms with Crippen molar-refractivity contribution in [2.75, 3.05) is 0 Å². The Morgan fingerprint density at radius 3 is 1.76 bits per heavy atom. The largest absolute Gasteiger partial charge is 0.506 e. The number of aromatic hydroxyl groups is 2. The van der Waals surface area contributed by atoms with Crippen LogP contribution in [0.15, 0.2) is 54.6 Å². The van der Waals surface area contributed by atoms with Crippen LogP contribution in [0.2, 0.25) is 20.1 Å². The van der Waals surface area contributed by atoms with Crippen LogP contribution in [-0.2, 0) is 14.9 Å². The van der Waals surface area contributed by atoms with E-state index < -0.39 is 26.4 Å². The monoisotopic (exact) mass is 492 g/mol. The maximum Gasteiger partial charge on any atom is 0.283 e. The van der Waals surface area contributed by atoms with Crippen molar-refractivity contribution < 1.29 is 23.2 Å². The summed E-state index contributed by atoms with van der Waals surface area (Å²) in [5.74, 6) is -0.898. The van der Waals surface area contributed by atoms with Crippen molar-refractivity contribution in [2.24, 2.45) is 0 Å². The summed E-state index contributed by atoms with van der Waals surface area (Å²) in [5.41, 5.74) is -0.0955. The van der Waals surface area contributed by atoms with Gasteiger partial charge in [0.25, 0.3) is 10.1 Å². The topological polar surface area (TPSA) is 94.8 Å². The van der Waals surface area contributed by atoms with Crippen LogP contribution in [0.5, 0.6) is 11.5 Å². The second kappa shape index (κ2) is 7.87. The molecule has 0 amide bonds. The average Bonchev–Trinajstić information content (AvgIpc) is 2.63.